The Morgan fingerprint density at radius 2 is 1.77 bits per heavy atom. The maximum Gasteiger partial charge on any atom is 0.185 e. The van der Waals surface area contributed by atoms with Crippen molar-refractivity contribution in [3.05, 3.63) is 83.6 Å². The number of rotatable bonds is 6. The molecular formula is C21H15O5-. The van der Waals surface area contributed by atoms with E-state index < -0.39 is 5.97 Å². The highest BCUT2D eigenvalue weighted by molar-refractivity contribution is 6.06. The van der Waals surface area contributed by atoms with Gasteiger partial charge in [0.05, 0.1) is 13.1 Å². The van der Waals surface area contributed by atoms with Crippen molar-refractivity contribution in [2.75, 3.05) is 7.11 Å². The van der Waals surface area contributed by atoms with E-state index in [2.05, 4.69) is 0 Å². The molecule has 0 bridgehead atoms. The number of aromatic carboxylic acids is 1. The predicted molar refractivity (Wildman–Crippen MR) is 94.8 cm³/mol. The Bertz CT molecular complexity index is 964. The van der Waals surface area contributed by atoms with Crippen molar-refractivity contribution in [3.8, 4) is 17.1 Å². The summed E-state index contributed by atoms with van der Waals surface area (Å²) in [4.78, 5) is 23.1. The molecule has 0 radical (unpaired) electrons. The van der Waals surface area contributed by atoms with E-state index in [1.165, 1.54) is 18.2 Å². The first-order valence-electron chi connectivity index (χ1n) is 7.85. The summed E-state index contributed by atoms with van der Waals surface area (Å²) in [6.07, 6.45) is 2.99. The fourth-order valence-electron chi connectivity index (χ4n) is 2.41. The number of carboxylic acid groups (broad SMARTS) is 1. The van der Waals surface area contributed by atoms with Gasteiger partial charge in [-0.05, 0) is 60.2 Å². The second-order valence-corrected chi connectivity index (χ2v) is 5.50. The summed E-state index contributed by atoms with van der Waals surface area (Å²) in [6, 6.07) is 16.5. The minimum Gasteiger partial charge on any atom is -0.545 e. The maximum absolute atomic E-state index is 12.2. The van der Waals surface area contributed by atoms with Crippen LogP contribution in [-0.2, 0) is 0 Å². The first-order chi connectivity index (χ1) is 12.6. The smallest absolute Gasteiger partial charge is 0.185 e. The molecule has 0 unspecified atom stereocenters. The number of allylic oxidation sites excluding steroid dienone is 1. The topological polar surface area (TPSA) is 79.6 Å². The van der Waals surface area contributed by atoms with E-state index in [1.54, 1.807) is 61.7 Å². The largest absolute Gasteiger partial charge is 0.545 e. The molecule has 1 aromatic heterocycles. The fourth-order valence-corrected chi connectivity index (χ4v) is 2.41. The fraction of sp³-hybridized carbons (Fsp3) is 0.0476. The molecule has 5 nitrogen and oxygen atoms in total. The Morgan fingerprint density at radius 1 is 1.00 bits per heavy atom. The third-order valence-electron chi connectivity index (χ3n) is 3.78. The van der Waals surface area contributed by atoms with Crippen LogP contribution < -0.4 is 9.84 Å². The predicted octanol–water partition coefficient (Wildman–Crippen LogP) is 3.21. The Morgan fingerprint density at radius 3 is 2.46 bits per heavy atom. The molecule has 3 rings (SSSR count). The molecule has 0 saturated carbocycles. The summed E-state index contributed by atoms with van der Waals surface area (Å²) < 4.78 is 10.7. The lowest BCUT2D eigenvalue weighted by Gasteiger charge is -2.03. The number of furan rings is 1. The molecule has 0 aliphatic carbocycles. The number of ether oxygens (including phenoxy) is 1. The third kappa shape index (κ3) is 3.89. The van der Waals surface area contributed by atoms with Gasteiger partial charge in [0.2, 0.25) is 0 Å². The minimum atomic E-state index is -1.25. The first-order valence-corrected chi connectivity index (χ1v) is 7.85. The van der Waals surface area contributed by atoms with Crippen molar-refractivity contribution in [1.82, 2.24) is 0 Å². The summed E-state index contributed by atoms with van der Waals surface area (Å²) in [6.45, 7) is 0. The van der Waals surface area contributed by atoms with Gasteiger partial charge in [0.1, 0.15) is 17.3 Å². The van der Waals surface area contributed by atoms with Crippen molar-refractivity contribution in [2.24, 2.45) is 0 Å². The molecule has 0 N–H and O–H groups in total. The third-order valence-corrected chi connectivity index (χ3v) is 3.78. The van der Waals surface area contributed by atoms with Crippen LogP contribution in [0, 0.1) is 0 Å². The van der Waals surface area contributed by atoms with E-state index in [-0.39, 0.29) is 11.3 Å². The van der Waals surface area contributed by atoms with Gasteiger partial charge in [-0.2, -0.15) is 0 Å². The second-order valence-electron chi connectivity index (χ2n) is 5.50. The molecular weight excluding hydrogens is 332 g/mol. The second kappa shape index (κ2) is 7.53. The minimum absolute atomic E-state index is 0.0747. The highest BCUT2D eigenvalue weighted by atomic mass is 16.5. The van der Waals surface area contributed by atoms with Crippen molar-refractivity contribution >= 4 is 17.8 Å². The molecule has 0 saturated heterocycles. The lowest BCUT2D eigenvalue weighted by Crippen LogP contribution is -2.22. The maximum atomic E-state index is 12.2. The number of carbonyl (C=O) groups excluding carboxylic acids is 2. The van der Waals surface area contributed by atoms with Gasteiger partial charge in [0.25, 0.3) is 0 Å². The van der Waals surface area contributed by atoms with Crippen LogP contribution in [0.1, 0.15) is 26.5 Å². The van der Waals surface area contributed by atoms with E-state index in [9.17, 15) is 14.7 Å². The average Bonchev–Trinajstić information content (AvgIpc) is 3.15. The Labute approximate surface area is 150 Å². The van der Waals surface area contributed by atoms with Gasteiger partial charge in [-0.1, -0.05) is 18.2 Å². The molecule has 0 atom stereocenters. The van der Waals surface area contributed by atoms with Gasteiger partial charge in [-0.25, -0.2) is 0 Å². The van der Waals surface area contributed by atoms with Crippen LogP contribution in [0.3, 0.4) is 0 Å². The Kier molecular flexibility index (Phi) is 4.99. The van der Waals surface area contributed by atoms with Crippen molar-refractivity contribution in [3.63, 3.8) is 0 Å². The van der Waals surface area contributed by atoms with Crippen LogP contribution in [0.2, 0.25) is 0 Å². The van der Waals surface area contributed by atoms with Crippen LogP contribution in [0.5, 0.6) is 5.75 Å². The number of hydrogen-bond donors (Lipinski definition) is 0. The number of hydrogen-bond acceptors (Lipinski definition) is 5. The summed E-state index contributed by atoms with van der Waals surface area (Å²) in [5, 5.41) is 10.9. The summed E-state index contributed by atoms with van der Waals surface area (Å²) in [5.74, 6) is 0.263. The average molecular weight is 347 g/mol. The molecule has 3 aromatic rings. The van der Waals surface area contributed by atoms with Crippen LogP contribution in [0.15, 0.2) is 71.2 Å². The van der Waals surface area contributed by atoms with Crippen LogP contribution >= 0.6 is 0 Å². The van der Waals surface area contributed by atoms with Gasteiger partial charge >= 0.3 is 0 Å². The van der Waals surface area contributed by atoms with Gasteiger partial charge in [-0.3, -0.25) is 4.79 Å². The zero-order valence-electron chi connectivity index (χ0n) is 14.0. The standard InChI is InChI=1S/C21H16O5/c1-25-17-7-5-14(6-8-17)19(22)11-9-18-10-12-20(26-18)15-3-2-4-16(13-15)21(23)24/h2-13H,1H3,(H,23,24)/p-1/b11-9+. The quantitative estimate of drug-likeness (QED) is 0.505. The van der Waals surface area contributed by atoms with Gasteiger partial charge in [0.15, 0.2) is 5.78 Å². The molecule has 0 aliphatic rings. The number of methoxy groups -OCH3 is 1. The zero-order valence-corrected chi connectivity index (χ0v) is 14.0. The molecule has 5 heteroatoms. The molecule has 0 spiro atoms. The number of ketones is 1. The van der Waals surface area contributed by atoms with Crippen LogP contribution in [-0.4, -0.2) is 18.9 Å². The summed E-state index contributed by atoms with van der Waals surface area (Å²) in [5.41, 5.74) is 1.23. The molecule has 0 fully saturated rings. The Hall–Kier alpha value is -3.60. The van der Waals surface area contributed by atoms with E-state index >= 15 is 0 Å². The van der Waals surface area contributed by atoms with Crippen LogP contribution in [0.25, 0.3) is 17.4 Å². The highest BCUT2D eigenvalue weighted by Crippen LogP contribution is 2.24. The normalized spacial score (nSPS) is 10.8. The summed E-state index contributed by atoms with van der Waals surface area (Å²) in [7, 11) is 1.56. The van der Waals surface area contributed by atoms with Gasteiger partial charge < -0.3 is 19.1 Å². The number of benzene rings is 2. The lowest BCUT2D eigenvalue weighted by atomic mass is 10.1. The number of carboxylic acids is 1. The molecule has 2 aromatic carbocycles. The monoisotopic (exact) mass is 347 g/mol. The molecule has 0 amide bonds. The number of carbonyl (C=O) groups is 2. The molecule has 130 valence electrons. The summed E-state index contributed by atoms with van der Waals surface area (Å²) >= 11 is 0. The highest BCUT2D eigenvalue weighted by Gasteiger charge is 2.06. The van der Waals surface area contributed by atoms with E-state index in [1.807, 2.05) is 0 Å². The van der Waals surface area contributed by atoms with Gasteiger partial charge in [-0.15, -0.1) is 0 Å². The Balaban J connectivity index is 1.75. The zero-order chi connectivity index (χ0) is 18.5. The SMILES string of the molecule is COc1ccc(C(=O)/C=C/c2ccc(-c3cccc(C(=O)[O-])c3)o2)cc1. The molecule has 1 heterocycles. The van der Waals surface area contributed by atoms with Crippen molar-refractivity contribution in [2.45, 2.75) is 0 Å². The van der Waals surface area contributed by atoms with Crippen LogP contribution in [0.4, 0.5) is 0 Å². The lowest BCUT2D eigenvalue weighted by molar-refractivity contribution is -0.255. The van der Waals surface area contributed by atoms with E-state index in [0.29, 0.717) is 28.4 Å². The van der Waals surface area contributed by atoms with E-state index in [0.717, 1.165) is 0 Å². The first kappa shape index (κ1) is 17.2. The molecule has 0 aliphatic heterocycles. The van der Waals surface area contributed by atoms with Crippen molar-refractivity contribution in [1.29, 1.82) is 0 Å². The van der Waals surface area contributed by atoms with Gasteiger partial charge in [0, 0.05) is 11.1 Å². The van der Waals surface area contributed by atoms with E-state index in [4.69, 9.17) is 9.15 Å². The molecule has 26 heavy (non-hydrogen) atoms. The van der Waals surface area contributed by atoms with Crippen molar-refractivity contribution < 1.29 is 23.8 Å².